The van der Waals surface area contributed by atoms with E-state index in [9.17, 15) is 9.18 Å². The van der Waals surface area contributed by atoms with Crippen LogP contribution >= 0.6 is 11.6 Å². The van der Waals surface area contributed by atoms with Gasteiger partial charge in [0, 0.05) is 5.02 Å². The maximum absolute atomic E-state index is 13.3. The van der Waals surface area contributed by atoms with Gasteiger partial charge in [-0.1, -0.05) is 23.7 Å². The number of hydrogen-bond donors (Lipinski definition) is 1. The van der Waals surface area contributed by atoms with E-state index in [0.29, 0.717) is 10.6 Å². The van der Waals surface area contributed by atoms with Crippen molar-refractivity contribution in [2.24, 2.45) is 0 Å². The minimum atomic E-state index is -1.28. The molecule has 92 valence electrons. The molecule has 0 saturated heterocycles. The van der Waals surface area contributed by atoms with E-state index in [1.54, 1.807) is 18.2 Å². The monoisotopic (exact) mass is 264 g/mol. The summed E-state index contributed by atoms with van der Waals surface area (Å²) in [7, 11) is 0. The van der Waals surface area contributed by atoms with E-state index in [1.165, 1.54) is 6.07 Å². The Morgan fingerprint density at radius 2 is 1.78 bits per heavy atom. The van der Waals surface area contributed by atoms with Crippen molar-refractivity contribution in [1.29, 1.82) is 0 Å². The first-order valence-electron chi connectivity index (χ1n) is 5.28. The quantitative estimate of drug-likeness (QED) is 0.885. The molecule has 0 amide bonds. The molecule has 0 fully saturated rings. The van der Waals surface area contributed by atoms with E-state index >= 15 is 0 Å². The molecule has 2 aromatic rings. The lowest BCUT2D eigenvalue weighted by Gasteiger charge is -2.06. The van der Waals surface area contributed by atoms with Gasteiger partial charge in [0.2, 0.25) is 0 Å². The van der Waals surface area contributed by atoms with E-state index < -0.39 is 11.8 Å². The number of benzene rings is 2. The molecule has 2 rings (SSSR count). The second-order valence-electron chi connectivity index (χ2n) is 3.96. The summed E-state index contributed by atoms with van der Waals surface area (Å²) in [5, 5.41) is 9.51. The Balaban J connectivity index is 2.54. The summed E-state index contributed by atoms with van der Waals surface area (Å²) in [6.45, 7) is 1.85. The fourth-order valence-electron chi connectivity index (χ4n) is 1.69. The molecule has 2 nitrogen and oxygen atoms in total. The molecule has 0 heterocycles. The number of hydrogen-bond acceptors (Lipinski definition) is 1. The van der Waals surface area contributed by atoms with Gasteiger partial charge in [0.05, 0.1) is 5.56 Å². The van der Waals surface area contributed by atoms with Crippen LogP contribution in [0.5, 0.6) is 0 Å². The third-order valence-corrected chi connectivity index (χ3v) is 3.11. The lowest BCUT2D eigenvalue weighted by Crippen LogP contribution is -2.00. The summed E-state index contributed by atoms with van der Waals surface area (Å²) in [4.78, 5) is 10.9. The van der Waals surface area contributed by atoms with E-state index in [4.69, 9.17) is 16.7 Å². The van der Waals surface area contributed by atoms with E-state index in [1.807, 2.05) is 13.0 Å². The Hall–Kier alpha value is -1.87. The summed E-state index contributed by atoms with van der Waals surface area (Å²) in [5.41, 5.74) is 2.00. The summed E-state index contributed by atoms with van der Waals surface area (Å²) in [5.74, 6) is -2.02. The highest BCUT2D eigenvalue weighted by atomic mass is 35.5. The van der Waals surface area contributed by atoms with Gasteiger partial charge in [0.25, 0.3) is 0 Å². The Kier molecular flexibility index (Phi) is 3.34. The second kappa shape index (κ2) is 4.78. The van der Waals surface area contributed by atoms with E-state index in [2.05, 4.69) is 0 Å². The smallest absolute Gasteiger partial charge is 0.338 e. The van der Waals surface area contributed by atoms with Gasteiger partial charge in [-0.2, -0.15) is 0 Å². The molecule has 0 aliphatic carbocycles. The van der Waals surface area contributed by atoms with Crippen molar-refractivity contribution in [2.75, 3.05) is 0 Å². The molecule has 2 aromatic carbocycles. The first-order valence-corrected chi connectivity index (χ1v) is 5.66. The zero-order valence-corrected chi connectivity index (χ0v) is 10.3. The Morgan fingerprint density at radius 1 is 1.17 bits per heavy atom. The highest BCUT2D eigenvalue weighted by Crippen LogP contribution is 2.26. The third-order valence-electron chi connectivity index (χ3n) is 2.69. The van der Waals surface area contributed by atoms with Crippen molar-refractivity contribution in [3.05, 3.63) is 58.4 Å². The SMILES string of the molecule is Cc1cc(-c2ccc(F)c(C(=O)O)c2)ccc1Cl. The lowest BCUT2D eigenvalue weighted by molar-refractivity contribution is 0.0692. The fraction of sp³-hybridized carbons (Fsp3) is 0.0714. The molecule has 0 bridgehead atoms. The molecule has 0 atom stereocenters. The highest BCUT2D eigenvalue weighted by molar-refractivity contribution is 6.31. The summed E-state index contributed by atoms with van der Waals surface area (Å²) < 4.78 is 13.3. The van der Waals surface area contributed by atoms with Gasteiger partial charge in [-0.3, -0.25) is 0 Å². The van der Waals surface area contributed by atoms with Crippen molar-refractivity contribution in [1.82, 2.24) is 0 Å². The van der Waals surface area contributed by atoms with E-state index in [0.717, 1.165) is 17.2 Å². The number of rotatable bonds is 2. The number of carboxylic acid groups (broad SMARTS) is 1. The topological polar surface area (TPSA) is 37.3 Å². The van der Waals surface area contributed by atoms with Crippen LogP contribution < -0.4 is 0 Å². The van der Waals surface area contributed by atoms with Crippen LogP contribution in [0.4, 0.5) is 4.39 Å². The number of carboxylic acids is 1. The minimum absolute atomic E-state index is 0.333. The minimum Gasteiger partial charge on any atom is -0.478 e. The second-order valence-corrected chi connectivity index (χ2v) is 4.37. The standard InChI is InChI=1S/C14H10ClFO2/c1-8-6-9(2-4-12(8)15)10-3-5-13(16)11(7-10)14(17)18/h2-7H,1H3,(H,17,18). The maximum Gasteiger partial charge on any atom is 0.338 e. The van der Waals surface area contributed by atoms with Gasteiger partial charge in [-0.05, 0) is 47.9 Å². The van der Waals surface area contributed by atoms with Crippen LogP contribution in [0, 0.1) is 12.7 Å². The molecule has 0 aliphatic rings. The zero-order chi connectivity index (χ0) is 13.3. The first-order chi connectivity index (χ1) is 8.49. The zero-order valence-electron chi connectivity index (χ0n) is 9.58. The van der Waals surface area contributed by atoms with Gasteiger partial charge in [0.15, 0.2) is 0 Å². The molecular formula is C14H10ClFO2. The normalized spacial score (nSPS) is 10.4. The molecule has 4 heteroatoms. The Bertz CT molecular complexity index is 623. The van der Waals surface area contributed by atoms with Crippen LogP contribution in [0.1, 0.15) is 15.9 Å². The summed E-state index contributed by atoms with van der Waals surface area (Å²) >= 11 is 5.92. The largest absolute Gasteiger partial charge is 0.478 e. The molecular weight excluding hydrogens is 255 g/mol. The van der Waals surface area contributed by atoms with Crippen molar-refractivity contribution >= 4 is 17.6 Å². The number of aryl methyl sites for hydroxylation is 1. The predicted molar refractivity (Wildman–Crippen MR) is 68.5 cm³/mol. The fourth-order valence-corrected chi connectivity index (χ4v) is 1.81. The molecule has 0 aromatic heterocycles. The average molecular weight is 265 g/mol. The maximum atomic E-state index is 13.3. The summed E-state index contributed by atoms with van der Waals surface area (Å²) in [6.07, 6.45) is 0. The Morgan fingerprint density at radius 3 is 2.39 bits per heavy atom. The van der Waals surface area contributed by atoms with Gasteiger partial charge < -0.3 is 5.11 Å². The average Bonchev–Trinajstić information content (AvgIpc) is 2.33. The van der Waals surface area contributed by atoms with Crippen LogP contribution in [-0.2, 0) is 0 Å². The van der Waals surface area contributed by atoms with Crippen LogP contribution in [-0.4, -0.2) is 11.1 Å². The van der Waals surface area contributed by atoms with Gasteiger partial charge in [-0.15, -0.1) is 0 Å². The van der Waals surface area contributed by atoms with Crippen molar-refractivity contribution in [3.63, 3.8) is 0 Å². The van der Waals surface area contributed by atoms with Crippen LogP contribution in [0.25, 0.3) is 11.1 Å². The Labute approximate surface area is 109 Å². The molecule has 0 radical (unpaired) electrons. The van der Waals surface area contributed by atoms with Crippen LogP contribution in [0.3, 0.4) is 0 Å². The van der Waals surface area contributed by atoms with Crippen LogP contribution in [0.2, 0.25) is 5.02 Å². The molecule has 18 heavy (non-hydrogen) atoms. The van der Waals surface area contributed by atoms with Crippen molar-refractivity contribution < 1.29 is 14.3 Å². The lowest BCUT2D eigenvalue weighted by atomic mass is 10.0. The number of carbonyl (C=O) groups is 1. The van der Waals surface area contributed by atoms with Gasteiger partial charge in [-0.25, -0.2) is 9.18 Å². The predicted octanol–water partition coefficient (Wildman–Crippen LogP) is 4.15. The molecule has 1 N–H and O–H groups in total. The van der Waals surface area contributed by atoms with Gasteiger partial charge >= 0.3 is 5.97 Å². The first kappa shape index (κ1) is 12.6. The molecule has 0 spiro atoms. The number of halogens is 2. The van der Waals surface area contributed by atoms with E-state index in [-0.39, 0.29) is 5.56 Å². The van der Waals surface area contributed by atoms with Crippen molar-refractivity contribution in [2.45, 2.75) is 6.92 Å². The van der Waals surface area contributed by atoms with Gasteiger partial charge in [0.1, 0.15) is 5.82 Å². The molecule has 0 saturated carbocycles. The summed E-state index contributed by atoms with van der Waals surface area (Å²) in [6, 6.07) is 9.36. The third kappa shape index (κ3) is 2.36. The van der Waals surface area contributed by atoms with Crippen molar-refractivity contribution in [3.8, 4) is 11.1 Å². The van der Waals surface area contributed by atoms with Crippen LogP contribution in [0.15, 0.2) is 36.4 Å². The number of aromatic carboxylic acids is 1. The molecule has 0 aliphatic heterocycles. The highest BCUT2D eigenvalue weighted by Gasteiger charge is 2.11. The molecule has 0 unspecified atom stereocenters.